The SMILES string of the molecule is Cc1cc(C)cc(-n2c(=O)c3ccccc3n(Cc3nc(-c4ccc(Cl)c(F)c4)no3)c2=O)c1. The third-order valence-corrected chi connectivity index (χ3v) is 5.76. The van der Waals surface area contributed by atoms with Gasteiger partial charge in [-0.3, -0.25) is 9.36 Å². The maximum absolute atomic E-state index is 13.9. The summed E-state index contributed by atoms with van der Waals surface area (Å²) >= 11 is 5.75. The van der Waals surface area contributed by atoms with Gasteiger partial charge in [-0.2, -0.15) is 4.98 Å². The fraction of sp³-hybridized carbons (Fsp3) is 0.120. The van der Waals surface area contributed by atoms with Crippen LogP contribution in [0.3, 0.4) is 0 Å². The number of hydrogen-bond donors (Lipinski definition) is 0. The van der Waals surface area contributed by atoms with Gasteiger partial charge in [-0.25, -0.2) is 13.8 Å². The zero-order chi connectivity index (χ0) is 24.0. The summed E-state index contributed by atoms with van der Waals surface area (Å²) in [7, 11) is 0. The van der Waals surface area contributed by atoms with Crippen LogP contribution in [-0.4, -0.2) is 19.3 Å². The van der Waals surface area contributed by atoms with Crippen molar-refractivity contribution in [2.24, 2.45) is 0 Å². The molecule has 0 saturated heterocycles. The molecule has 5 aromatic rings. The van der Waals surface area contributed by atoms with Crippen molar-refractivity contribution in [1.29, 1.82) is 0 Å². The van der Waals surface area contributed by atoms with Crippen molar-refractivity contribution < 1.29 is 8.91 Å². The Labute approximate surface area is 197 Å². The molecule has 3 aromatic carbocycles. The summed E-state index contributed by atoms with van der Waals surface area (Å²) in [5.74, 6) is -0.318. The molecule has 0 aliphatic carbocycles. The molecule has 0 N–H and O–H groups in total. The van der Waals surface area contributed by atoms with Crippen LogP contribution in [0.15, 0.2) is 74.8 Å². The van der Waals surface area contributed by atoms with Crippen LogP contribution in [0.2, 0.25) is 5.02 Å². The Morgan fingerprint density at radius 3 is 2.47 bits per heavy atom. The van der Waals surface area contributed by atoms with Gasteiger partial charge >= 0.3 is 5.69 Å². The second-order valence-corrected chi connectivity index (χ2v) is 8.42. The minimum Gasteiger partial charge on any atom is -0.337 e. The lowest BCUT2D eigenvalue weighted by Crippen LogP contribution is -2.39. The second kappa shape index (κ2) is 8.39. The fourth-order valence-corrected chi connectivity index (χ4v) is 4.11. The molecule has 0 saturated carbocycles. The Bertz CT molecular complexity index is 1670. The summed E-state index contributed by atoms with van der Waals surface area (Å²) in [6.45, 7) is 3.73. The van der Waals surface area contributed by atoms with E-state index in [2.05, 4.69) is 10.1 Å². The van der Waals surface area contributed by atoms with Crippen molar-refractivity contribution in [2.45, 2.75) is 20.4 Å². The maximum Gasteiger partial charge on any atom is 0.336 e. The van der Waals surface area contributed by atoms with Gasteiger partial charge in [-0.1, -0.05) is 35.0 Å². The fourth-order valence-electron chi connectivity index (χ4n) is 3.99. The predicted octanol–water partition coefficient (Wildman–Crippen LogP) is 4.66. The first-order valence-corrected chi connectivity index (χ1v) is 10.8. The molecule has 0 fully saturated rings. The van der Waals surface area contributed by atoms with Crippen molar-refractivity contribution in [3.05, 3.63) is 109 Å². The summed E-state index contributed by atoms with van der Waals surface area (Å²) in [6, 6.07) is 16.6. The summed E-state index contributed by atoms with van der Waals surface area (Å²) < 4.78 is 21.8. The smallest absolute Gasteiger partial charge is 0.336 e. The molecule has 7 nitrogen and oxygen atoms in total. The number of fused-ring (bicyclic) bond motifs is 1. The minimum atomic E-state index is -0.603. The van der Waals surface area contributed by atoms with Gasteiger partial charge in [0.1, 0.15) is 12.4 Å². The molecule has 0 unspecified atom stereocenters. The molecule has 2 aromatic heterocycles. The average molecular weight is 477 g/mol. The lowest BCUT2D eigenvalue weighted by Gasteiger charge is -2.13. The first-order valence-electron chi connectivity index (χ1n) is 10.4. The number of benzene rings is 3. The molecule has 0 radical (unpaired) electrons. The average Bonchev–Trinajstić information content (AvgIpc) is 3.27. The van der Waals surface area contributed by atoms with Crippen molar-refractivity contribution in [3.63, 3.8) is 0 Å². The topological polar surface area (TPSA) is 82.9 Å². The predicted molar refractivity (Wildman–Crippen MR) is 127 cm³/mol. The van der Waals surface area contributed by atoms with Crippen molar-refractivity contribution >= 4 is 22.5 Å². The van der Waals surface area contributed by atoms with Crippen LogP contribution in [-0.2, 0) is 6.54 Å². The van der Waals surface area contributed by atoms with Crippen LogP contribution in [0.4, 0.5) is 4.39 Å². The Morgan fingerprint density at radius 2 is 1.74 bits per heavy atom. The molecular formula is C25H18ClFN4O3. The Kier molecular flexibility index (Phi) is 5.37. The molecule has 2 heterocycles. The monoisotopic (exact) mass is 476 g/mol. The number of rotatable bonds is 4. The minimum absolute atomic E-state index is 0.0147. The third-order valence-electron chi connectivity index (χ3n) is 5.45. The second-order valence-electron chi connectivity index (χ2n) is 8.01. The van der Waals surface area contributed by atoms with Gasteiger partial charge < -0.3 is 4.52 Å². The van der Waals surface area contributed by atoms with Crippen molar-refractivity contribution in [2.75, 3.05) is 0 Å². The Morgan fingerprint density at radius 1 is 1.00 bits per heavy atom. The number of aromatic nitrogens is 4. The quantitative estimate of drug-likeness (QED) is 0.377. The van der Waals surface area contributed by atoms with Gasteiger partial charge in [0, 0.05) is 5.56 Å². The molecule has 0 amide bonds. The van der Waals surface area contributed by atoms with Crippen LogP contribution >= 0.6 is 11.6 Å². The van der Waals surface area contributed by atoms with E-state index < -0.39 is 17.1 Å². The van der Waals surface area contributed by atoms with Crippen LogP contribution in [0.5, 0.6) is 0 Å². The first kappa shape index (κ1) is 21.8. The van der Waals surface area contributed by atoms with Crippen LogP contribution in [0.1, 0.15) is 17.0 Å². The van der Waals surface area contributed by atoms with E-state index >= 15 is 0 Å². The molecule has 5 rings (SSSR count). The van der Waals surface area contributed by atoms with Gasteiger partial charge in [0.25, 0.3) is 5.56 Å². The van der Waals surface area contributed by atoms with Gasteiger partial charge in [0.05, 0.1) is 21.6 Å². The van der Waals surface area contributed by atoms with E-state index in [0.29, 0.717) is 22.2 Å². The normalized spacial score (nSPS) is 11.3. The highest BCUT2D eigenvalue weighted by Crippen LogP contribution is 2.22. The number of hydrogen-bond acceptors (Lipinski definition) is 5. The van der Waals surface area contributed by atoms with Gasteiger partial charge in [0.2, 0.25) is 11.7 Å². The van der Waals surface area contributed by atoms with Gasteiger partial charge in [0.15, 0.2) is 0 Å². The highest BCUT2D eigenvalue weighted by atomic mass is 35.5. The lowest BCUT2D eigenvalue weighted by molar-refractivity contribution is 0.370. The molecule has 170 valence electrons. The van der Waals surface area contributed by atoms with E-state index in [0.717, 1.165) is 15.7 Å². The zero-order valence-corrected chi connectivity index (χ0v) is 19.0. The van der Waals surface area contributed by atoms with Gasteiger partial charge in [-0.05, 0) is 67.4 Å². The highest BCUT2D eigenvalue weighted by molar-refractivity contribution is 6.30. The number of halogens is 2. The largest absolute Gasteiger partial charge is 0.337 e. The summed E-state index contributed by atoms with van der Waals surface area (Å²) in [5, 5.41) is 4.27. The van der Waals surface area contributed by atoms with E-state index in [1.165, 1.54) is 16.7 Å². The third kappa shape index (κ3) is 3.82. The lowest BCUT2D eigenvalue weighted by atomic mass is 10.1. The van der Waals surface area contributed by atoms with Crippen molar-refractivity contribution in [1.82, 2.24) is 19.3 Å². The Hall–Kier alpha value is -4.04. The molecule has 9 heteroatoms. The van der Waals surface area contributed by atoms with E-state index in [9.17, 15) is 14.0 Å². The Balaban J connectivity index is 1.66. The molecule has 0 atom stereocenters. The van der Waals surface area contributed by atoms with Gasteiger partial charge in [-0.15, -0.1) is 0 Å². The summed E-state index contributed by atoms with van der Waals surface area (Å²) in [6.07, 6.45) is 0. The summed E-state index contributed by atoms with van der Waals surface area (Å²) in [4.78, 5) is 31.2. The van der Waals surface area contributed by atoms with E-state index in [1.54, 1.807) is 42.5 Å². The van der Waals surface area contributed by atoms with Crippen LogP contribution < -0.4 is 11.2 Å². The number of para-hydroxylation sites is 1. The molecule has 34 heavy (non-hydrogen) atoms. The molecule has 0 aliphatic rings. The molecule has 0 spiro atoms. The molecular weight excluding hydrogens is 459 g/mol. The van der Waals surface area contributed by atoms with Crippen LogP contribution in [0, 0.1) is 19.7 Å². The van der Waals surface area contributed by atoms with Crippen LogP contribution in [0.25, 0.3) is 28.0 Å². The molecule has 0 bridgehead atoms. The first-order chi connectivity index (χ1) is 16.3. The molecule has 0 aliphatic heterocycles. The van der Waals surface area contributed by atoms with Crippen molar-refractivity contribution in [3.8, 4) is 17.1 Å². The maximum atomic E-state index is 13.9. The highest BCUT2D eigenvalue weighted by Gasteiger charge is 2.18. The number of aryl methyl sites for hydroxylation is 2. The van der Waals surface area contributed by atoms with E-state index in [1.807, 2.05) is 19.9 Å². The van der Waals surface area contributed by atoms with E-state index in [4.69, 9.17) is 16.1 Å². The van der Waals surface area contributed by atoms with E-state index in [-0.39, 0.29) is 23.3 Å². The standard InChI is InChI=1S/C25H18ClFN4O3/c1-14-9-15(2)11-17(10-14)31-24(32)18-5-3-4-6-21(18)30(25(31)33)13-22-28-23(29-34-22)16-7-8-19(26)20(27)12-16/h3-12H,13H2,1-2H3. The number of nitrogens with zero attached hydrogens (tertiary/aromatic N) is 4. The zero-order valence-electron chi connectivity index (χ0n) is 18.3. The summed E-state index contributed by atoms with van der Waals surface area (Å²) in [5.41, 5.74) is 2.21.